The fourth-order valence-electron chi connectivity index (χ4n) is 1.73. The van der Waals surface area contributed by atoms with Gasteiger partial charge in [-0.1, -0.05) is 41.1 Å². The van der Waals surface area contributed by atoms with E-state index < -0.39 is 0 Å². The summed E-state index contributed by atoms with van der Waals surface area (Å²) >= 11 is 3.49. The van der Waals surface area contributed by atoms with Crippen molar-refractivity contribution in [3.8, 4) is 0 Å². The van der Waals surface area contributed by atoms with Crippen molar-refractivity contribution in [1.82, 2.24) is 10.6 Å². The third kappa shape index (κ3) is 7.55. The monoisotopic (exact) mass is 348 g/mol. The highest BCUT2D eigenvalue weighted by Gasteiger charge is 2.06. The van der Waals surface area contributed by atoms with E-state index in [9.17, 15) is 4.79 Å². The van der Waals surface area contributed by atoms with Crippen molar-refractivity contribution in [3.05, 3.63) is 34.3 Å². The highest BCUT2D eigenvalue weighted by Crippen LogP contribution is 2.17. The zero-order valence-electron chi connectivity index (χ0n) is 11.4. The van der Waals surface area contributed by atoms with Gasteiger partial charge in [0.15, 0.2) is 0 Å². The topological polar surface area (TPSA) is 41.1 Å². The first kappa shape index (κ1) is 18.4. The molecule has 0 aliphatic heterocycles. The first-order valence-corrected chi connectivity index (χ1v) is 7.16. The Kier molecular flexibility index (Phi) is 9.92. The number of carbonyl (C=O) groups excluding carboxylic acids is 1. The van der Waals surface area contributed by atoms with Crippen LogP contribution in [-0.4, -0.2) is 25.0 Å². The molecule has 0 bridgehead atoms. The standard InChI is InChI=1S/C14H21BrN2O.ClH/c1-3-16-11(2)10-17-14(18)9-8-12-6-4-5-7-13(12)15;/h4-7,11,16H,3,8-10H2,1-2H3,(H,17,18);1H/t11-;/m1./s1. The molecule has 19 heavy (non-hydrogen) atoms. The van der Waals surface area contributed by atoms with Crippen LogP contribution >= 0.6 is 28.3 Å². The lowest BCUT2D eigenvalue weighted by atomic mass is 10.1. The van der Waals surface area contributed by atoms with Gasteiger partial charge in [0, 0.05) is 23.5 Å². The molecule has 108 valence electrons. The van der Waals surface area contributed by atoms with Crippen molar-refractivity contribution in [2.24, 2.45) is 0 Å². The molecular weight excluding hydrogens is 328 g/mol. The lowest BCUT2D eigenvalue weighted by Crippen LogP contribution is -2.38. The van der Waals surface area contributed by atoms with Gasteiger partial charge in [-0.3, -0.25) is 4.79 Å². The summed E-state index contributed by atoms with van der Waals surface area (Å²) in [6.07, 6.45) is 1.30. The Morgan fingerprint density at radius 1 is 1.37 bits per heavy atom. The third-order valence-corrected chi connectivity index (χ3v) is 3.51. The van der Waals surface area contributed by atoms with Crippen LogP contribution in [0, 0.1) is 0 Å². The Labute approximate surface area is 130 Å². The number of nitrogens with one attached hydrogen (secondary N) is 2. The quantitative estimate of drug-likeness (QED) is 0.794. The molecule has 0 fully saturated rings. The van der Waals surface area contributed by atoms with E-state index in [1.807, 2.05) is 24.3 Å². The number of halogens is 2. The molecule has 1 rings (SSSR count). The van der Waals surface area contributed by atoms with Gasteiger partial charge in [0.2, 0.25) is 5.91 Å². The maximum Gasteiger partial charge on any atom is 0.220 e. The molecule has 1 aromatic rings. The summed E-state index contributed by atoms with van der Waals surface area (Å²) in [5, 5.41) is 6.20. The lowest BCUT2D eigenvalue weighted by Gasteiger charge is -2.13. The van der Waals surface area contributed by atoms with Crippen LogP contribution in [0.4, 0.5) is 0 Å². The van der Waals surface area contributed by atoms with Gasteiger partial charge in [0.1, 0.15) is 0 Å². The molecule has 5 heteroatoms. The van der Waals surface area contributed by atoms with Crippen molar-refractivity contribution >= 4 is 34.2 Å². The minimum Gasteiger partial charge on any atom is -0.355 e. The van der Waals surface area contributed by atoms with Gasteiger partial charge in [-0.05, 0) is 31.5 Å². The summed E-state index contributed by atoms with van der Waals surface area (Å²) in [6.45, 7) is 5.74. The van der Waals surface area contributed by atoms with Crippen LogP contribution in [0.2, 0.25) is 0 Å². The van der Waals surface area contributed by atoms with Crippen LogP contribution in [0.15, 0.2) is 28.7 Å². The maximum absolute atomic E-state index is 11.7. The number of aryl methyl sites for hydroxylation is 1. The largest absolute Gasteiger partial charge is 0.355 e. The van der Waals surface area contributed by atoms with Crippen LogP contribution in [0.3, 0.4) is 0 Å². The van der Waals surface area contributed by atoms with E-state index in [1.165, 1.54) is 5.56 Å². The Hall–Kier alpha value is -0.580. The van der Waals surface area contributed by atoms with Crippen molar-refractivity contribution in [2.75, 3.05) is 13.1 Å². The number of carbonyl (C=O) groups is 1. The second-order valence-corrected chi connectivity index (χ2v) is 5.21. The van der Waals surface area contributed by atoms with E-state index in [0.717, 1.165) is 17.4 Å². The maximum atomic E-state index is 11.7. The highest BCUT2D eigenvalue weighted by atomic mass is 79.9. The predicted molar refractivity (Wildman–Crippen MR) is 85.9 cm³/mol. The predicted octanol–water partition coefficient (Wildman–Crippen LogP) is 2.92. The third-order valence-electron chi connectivity index (χ3n) is 2.74. The Bertz CT molecular complexity index is 387. The Morgan fingerprint density at radius 3 is 2.68 bits per heavy atom. The molecule has 0 aliphatic carbocycles. The second kappa shape index (κ2) is 10.2. The fourth-order valence-corrected chi connectivity index (χ4v) is 2.21. The molecular formula is C14H22BrClN2O. The molecule has 0 spiro atoms. The second-order valence-electron chi connectivity index (χ2n) is 4.35. The molecule has 1 aromatic carbocycles. The molecule has 0 radical (unpaired) electrons. The zero-order valence-corrected chi connectivity index (χ0v) is 13.8. The van der Waals surface area contributed by atoms with E-state index in [0.29, 0.717) is 19.0 Å². The SMILES string of the molecule is CCN[C@H](C)CNC(=O)CCc1ccccc1Br.Cl. The molecule has 1 amide bonds. The summed E-state index contributed by atoms with van der Waals surface area (Å²) < 4.78 is 1.07. The molecule has 0 aromatic heterocycles. The minimum atomic E-state index is 0. The van der Waals surface area contributed by atoms with Crippen LogP contribution < -0.4 is 10.6 Å². The summed E-state index contributed by atoms with van der Waals surface area (Å²) in [7, 11) is 0. The van der Waals surface area contributed by atoms with E-state index in [2.05, 4.69) is 40.4 Å². The molecule has 2 N–H and O–H groups in total. The van der Waals surface area contributed by atoms with Gasteiger partial charge in [0.25, 0.3) is 0 Å². The fraction of sp³-hybridized carbons (Fsp3) is 0.500. The Balaban J connectivity index is 0.00000324. The summed E-state index contributed by atoms with van der Waals surface area (Å²) in [5.74, 6) is 0.107. The van der Waals surface area contributed by atoms with Crippen LogP contribution in [0.5, 0.6) is 0 Å². The number of benzene rings is 1. The molecule has 0 aliphatic rings. The minimum absolute atomic E-state index is 0. The van der Waals surface area contributed by atoms with E-state index in [-0.39, 0.29) is 18.3 Å². The summed E-state index contributed by atoms with van der Waals surface area (Å²) in [6, 6.07) is 8.33. The number of rotatable bonds is 7. The van der Waals surface area contributed by atoms with E-state index in [1.54, 1.807) is 0 Å². The van der Waals surface area contributed by atoms with E-state index in [4.69, 9.17) is 0 Å². The van der Waals surface area contributed by atoms with Crippen molar-refractivity contribution in [3.63, 3.8) is 0 Å². The van der Waals surface area contributed by atoms with Gasteiger partial charge < -0.3 is 10.6 Å². The molecule has 1 atom stereocenters. The zero-order chi connectivity index (χ0) is 13.4. The van der Waals surface area contributed by atoms with Gasteiger partial charge in [-0.15, -0.1) is 12.4 Å². The summed E-state index contributed by atoms with van der Waals surface area (Å²) in [4.78, 5) is 11.7. The number of likely N-dealkylation sites (N-methyl/N-ethyl adjacent to an activating group) is 1. The average molecular weight is 350 g/mol. The number of amides is 1. The highest BCUT2D eigenvalue weighted by molar-refractivity contribution is 9.10. The van der Waals surface area contributed by atoms with Gasteiger partial charge >= 0.3 is 0 Å². The lowest BCUT2D eigenvalue weighted by molar-refractivity contribution is -0.121. The summed E-state index contributed by atoms with van der Waals surface area (Å²) in [5.41, 5.74) is 1.17. The van der Waals surface area contributed by atoms with Gasteiger partial charge in [-0.2, -0.15) is 0 Å². The normalized spacial score (nSPS) is 11.5. The number of hydrogen-bond acceptors (Lipinski definition) is 2. The molecule has 0 heterocycles. The molecule has 0 saturated carbocycles. The first-order chi connectivity index (χ1) is 8.63. The first-order valence-electron chi connectivity index (χ1n) is 6.37. The molecule has 0 unspecified atom stereocenters. The molecule has 0 saturated heterocycles. The molecule has 3 nitrogen and oxygen atoms in total. The van der Waals surface area contributed by atoms with Gasteiger partial charge in [-0.25, -0.2) is 0 Å². The number of hydrogen-bond donors (Lipinski definition) is 2. The van der Waals surface area contributed by atoms with Crippen LogP contribution in [0.1, 0.15) is 25.8 Å². The van der Waals surface area contributed by atoms with Crippen molar-refractivity contribution < 1.29 is 4.79 Å². The van der Waals surface area contributed by atoms with Crippen molar-refractivity contribution in [1.29, 1.82) is 0 Å². The van der Waals surface area contributed by atoms with Crippen molar-refractivity contribution in [2.45, 2.75) is 32.7 Å². The Morgan fingerprint density at radius 2 is 2.05 bits per heavy atom. The van der Waals surface area contributed by atoms with Gasteiger partial charge in [0.05, 0.1) is 0 Å². The smallest absolute Gasteiger partial charge is 0.220 e. The van der Waals surface area contributed by atoms with E-state index >= 15 is 0 Å². The van der Waals surface area contributed by atoms with Crippen LogP contribution in [0.25, 0.3) is 0 Å². The van der Waals surface area contributed by atoms with Crippen LogP contribution in [-0.2, 0) is 11.2 Å². The average Bonchev–Trinajstić information content (AvgIpc) is 2.36.